The van der Waals surface area contributed by atoms with Gasteiger partial charge in [-0.25, -0.2) is 0 Å². The molecule has 0 spiro atoms. The SMILES string of the molecule is Clc1cccc(Cl)c1-c1noc(C2CC2)c1CO[C@@H]1C[C@H]2CC[C@@H](C1)N2. The number of halogens is 2. The van der Waals surface area contributed by atoms with Crippen molar-refractivity contribution in [1.82, 2.24) is 10.5 Å². The highest BCUT2D eigenvalue weighted by Gasteiger charge is 2.36. The van der Waals surface area contributed by atoms with Crippen LogP contribution in [0.3, 0.4) is 0 Å². The fourth-order valence-corrected chi connectivity index (χ4v) is 4.97. The molecule has 3 fully saturated rings. The summed E-state index contributed by atoms with van der Waals surface area (Å²) in [6.45, 7) is 0.510. The van der Waals surface area contributed by atoms with E-state index in [0.717, 1.165) is 48.3 Å². The maximum atomic E-state index is 6.42. The molecule has 1 aromatic carbocycles. The van der Waals surface area contributed by atoms with Crippen molar-refractivity contribution in [3.05, 3.63) is 39.6 Å². The predicted molar refractivity (Wildman–Crippen MR) is 102 cm³/mol. The quantitative estimate of drug-likeness (QED) is 0.746. The zero-order valence-corrected chi connectivity index (χ0v) is 16.0. The first-order chi connectivity index (χ1) is 12.7. The van der Waals surface area contributed by atoms with Crippen LogP contribution in [0.5, 0.6) is 0 Å². The van der Waals surface area contributed by atoms with Crippen molar-refractivity contribution in [2.45, 2.75) is 69.2 Å². The number of nitrogens with one attached hydrogen (secondary N) is 1. The van der Waals surface area contributed by atoms with E-state index in [9.17, 15) is 0 Å². The number of hydrogen-bond acceptors (Lipinski definition) is 4. The topological polar surface area (TPSA) is 47.3 Å². The molecule has 1 aromatic heterocycles. The van der Waals surface area contributed by atoms with Gasteiger partial charge in [-0.15, -0.1) is 0 Å². The molecule has 3 aliphatic rings. The summed E-state index contributed by atoms with van der Waals surface area (Å²) in [7, 11) is 0. The van der Waals surface area contributed by atoms with Gasteiger partial charge in [0.1, 0.15) is 11.5 Å². The zero-order valence-electron chi connectivity index (χ0n) is 14.5. The lowest BCUT2D eigenvalue weighted by Crippen LogP contribution is -2.41. The monoisotopic (exact) mass is 392 g/mol. The number of nitrogens with zero attached hydrogens (tertiary/aromatic N) is 1. The summed E-state index contributed by atoms with van der Waals surface area (Å²) in [5.74, 6) is 1.41. The Kier molecular flexibility index (Phi) is 4.48. The summed E-state index contributed by atoms with van der Waals surface area (Å²) in [5.41, 5.74) is 2.50. The first kappa shape index (κ1) is 17.1. The molecule has 0 amide bonds. The number of aromatic nitrogens is 1. The fraction of sp³-hybridized carbons (Fsp3) is 0.550. The third kappa shape index (κ3) is 3.18. The minimum Gasteiger partial charge on any atom is -0.373 e. The molecule has 138 valence electrons. The number of rotatable bonds is 5. The van der Waals surface area contributed by atoms with Crippen LogP contribution in [-0.2, 0) is 11.3 Å². The van der Waals surface area contributed by atoms with Gasteiger partial charge in [-0.05, 0) is 50.7 Å². The van der Waals surface area contributed by atoms with E-state index in [-0.39, 0.29) is 0 Å². The number of piperidine rings is 1. The Labute approximate surface area is 163 Å². The first-order valence-corrected chi connectivity index (χ1v) is 10.2. The molecular formula is C20H22Cl2N2O2. The van der Waals surface area contributed by atoms with Crippen LogP contribution in [0.25, 0.3) is 11.3 Å². The molecule has 2 aromatic rings. The Morgan fingerprint density at radius 3 is 2.42 bits per heavy atom. The molecule has 1 saturated carbocycles. The van der Waals surface area contributed by atoms with Gasteiger partial charge < -0.3 is 14.6 Å². The number of fused-ring (bicyclic) bond motifs is 2. The number of benzene rings is 1. The normalized spacial score (nSPS) is 27.8. The Balaban J connectivity index is 1.42. The van der Waals surface area contributed by atoms with Crippen LogP contribution in [0.15, 0.2) is 22.7 Å². The van der Waals surface area contributed by atoms with Crippen LogP contribution in [-0.4, -0.2) is 23.3 Å². The largest absolute Gasteiger partial charge is 0.373 e. The number of ether oxygens (including phenoxy) is 1. The van der Waals surface area contributed by atoms with E-state index in [2.05, 4.69) is 10.5 Å². The van der Waals surface area contributed by atoms with E-state index >= 15 is 0 Å². The van der Waals surface area contributed by atoms with Gasteiger partial charge in [0.05, 0.1) is 22.8 Å². The van der Waals surface area contributed by atoms with Crippen molar-refractivity contribution >= 4 is 23.2 Å². The van der Waals surface area contributed by atoms with E-state index < -0.39 is 0 Å². The number of hydrogen-bond donors (Lipinski definition) is 1. The highest BCUT2D eigenvalue weighted by molar-refractivity contribution is 6.39. The Bertz CT molecular complexity index is 786. The maximum Gasteiger partial charge on any atom is 0.145 e. The average Bonchev–Trinajstić information content (AvgIpc) is 3.30. The predicted octanol–water partition coefficient (Wildman–Crippen LogP) is 5.33. The van der Waals surface area contributed by atoms with E-state index in [1.54, 1.807) is 0 Å². The maximum absolute atomic E-state index is 6.42. The molecule has 2 aliphatic heterocycles. The van der Waals surface area contributed by atoms with E-state index in [1.807, 2.05) is 18.2 Å². The first-order valence-electron chi connectivity index (χ1n) is 9.49. The molecule has 1 aliphatic carbocycles. The highest BCUT2D eigenvalue weighted by atomic mass is 35.5. The smallest absolute Gasteiger partial charge is 0.145 e. The van der Waals surface area contributed by atoms with Crippen molar-refractivity contribution in [3.8, 4) is 11.3 Å². The van der Waals surface area contributed by atoms with Crippen molar-refractivity contribution < 1.29 is 9.26 Å². The molecule has 5 rings (SSSR count). The summed E-state index contributed by atoms with van der Waals surface area (Å²) < 4.78 is 12.1. The van der Waals surface area contributed by atoms with Gasteiger partial charge in [-0.3, -0.25) is 0 Å². The molecule has 0 radical (unpaired) electrons. The van der Waals surface area contributed by atoms with Gasteiger partial charge in [0.2, 0.25) is 0 Å². The van der Waals surface area contributed by atoms with Crippen LogP contribution in [0.4, 0.5) is 0 Å². The minimum absolute atomic E-state index is 0.297. The van der Waals surface area contributed by atoms with Gasteiger partial charge in [-0.1, -0.05) is 34.4 Å². The molecule has 3 atom stereocenters. The van der Waals surface area contributed by atoms with Gasteiger partial charge >= 0.3 is 0 Å². The molecule has 4 nitrogen and oxygen atoms in total. The van der Waals surface area contributed by atoms with Gasteiger partial charge in [0, 0.05) is 29.1 Å². The van der Waals surface area contributed by atoms with Crippen LogP contribution in [0, 0.1) is 0 Å². The lowest BCUT2D eigenvalue weighted by atomic mass is 10.0. The summed E-state index contributed by atoms with van der Waals surface area (Å²) in [4.78, 5) is 0. The van der Waals surface area contributed by atoms with Crippen LogP contribution in [0.2, 0.25) is 10.0 Å². The Hall–Kier alpha value is -1.07. The second-order valence-electron chi connectivity index (χ2n) is 7.79. The zero-order chi connectivity index (χ0) is 17.7. The van der Waals surface area contributed by atoms with Crippen LogP contribution >= 0.6 is 23.2 Å². The van der Waals surface area contributed by atoms with Crippen molar-refractivity contribution in [2.24, 2.45) is 0 Å². The molecule has 1 N–H and O–H groups in total. The summed E-state index contributed by atoms with van der Waals surface area (Å²) in [6.07, 6.45) is 7.30. The lowest BCUT2D eigenvalue weighted by Gasteiger charge is -2.29. The summed E-state index contributed by atoms with van der Waals surface area (Å²) >= 11 is 12.8. The summed E-state index contributed by atoms with van der Waals surface area (Å²) in [6, 6.07) is 6.74. The van der Waals surface area contributed by atoms with Crippen LogP contribution in [0.1, 0.15) is 55.8 Å². The Morgan fingerprint density at radius 2 is 1.77 bits per heavy atom. The molecule has 2 bridgehead atoms. The van der Waals surface area contributed by atoms with Crippen molar-refractivity contribution in [2.75, 3.05) is 0 Å². The second kappa shape index (κ2) is 6.83. The van der Waals surface area contributed by atoms with E-state index in [1.165, 1.54) is 12.8 Å². The molecule has 3 heterocycles. The third-order valence-electron chi connectivity index (χ3n) is 5.86. The van der Waals surface area contributed by atoms with Gasteiger partial charge in [0.15, 0.2) is 0 Å². The minimum atomic E-state index is 0.297. The molecule has 6 heteroatoms. The molecule has 0 unspecified atom stereocenters. The second-order valence-corrected chi connectivity index (χ2v) is 8.60. The van der Waals surface area contributed by atoms with Gasteiger partial charge in [0.25, 0.3) is 0 Å². The van der Waals surface area contributed by atoms with Crippen LogP contribution < -0.4 is 5.32 Å². The molecular weight excluding hydrogens is 371 g/mol. The van der Waals surface area contributed by atoms with Crippen molar-refractivity contribution in [1.29, 1.82) is 0 Å². The Morgan fingerprint density at radius 1 is 1.08 bits per heavy atom. The molecule has 2 saturated heterocycles. The fourth-order valence-electron chi connectivity index (χ4n) is 4.39. The third-order valence-corrected chi connectivity index (χ3v) is 6.49. The molecule has 26 heavy (non-hydrogen) atoms. The van der Waals surface area contributed by atoms with E-state index in [4.69, 9.17) is 32.5 Å². The highest BCUT2D eigenvalue weighted by Crippen LogP contribution is 2.46. The van der Waals surface area contributed by atoms with Gasteiger partial charge in [-0.2, -0.15) is 0 Å². The average molecular weight is 393 g/mol. The lowest BCUT2D eigenvalue weighted by molar-refractivity contribution is 0.00876. The summed E-state index contributed by atoms with van der Waals surface area (Å²) in [5, 5.41) is 9.18. The standard InChI is InChI=1S/C20H22Cl2N2O2/c21-16-2-1-3-17(22)18(16)19-15(20(26-24-19)11-4-5-11)10-25-14-8-12-6-7-13(9-14)23-12/h1-3,11-14,23H,4-10H2/t12-,13+,14-. The van der Waals surface area contributed by atoms with E-state index in [0.29, 0.717) is 40.8 Å². The van der Waals surface area contributed by atoms with Crippen molar-refractivity contribution in [3.63, 3.8) is 0 Å².